The van der Waals surface area contributed by atoms with E-state index in [9.17, 15) is 15.0 Å². The number of rotatable bonds is 4. The van der Waals surface area contributed by atoms with Gasteiger partial charge in [-0.15, -0.1) is 0 Å². The Morgan fingerprint density at radius 2 is 2.00 bits per heavy atom. The summed E-state index contributed by atoms with van der Waals surface area (Å²) >= 11 is 0. The number of likely N-dealkylation sites (tertiary alicyclic amines) is 1. The standard InChI is InChI=1S/C14H20N2O3/c15-5-1-3-11-4-2-6-16(11)14(19)10-7-12(17)9-13(18)8-10/h7-9,11,17-18H,1-6,15H2. The van der Waals surface area contributed by atoms with Crippen LogP contribution < -0.4 is 5.73 Å². The number of amides is 1. The van der Waals surface area contributed by atoms with Gasteiger partial charge in [-0.2, -0.15) is 0 Å². The Morgan fingerprint density at radius 3 is 2.63 bits per heavy atom. The third-order valence-corrected chi connectivity index (χ3v) is 3.53. The molecule has 1 aliphatic heterocycles. The molecule has 1 aromatic rings. The number of carbonyl (C=O) groups excluding carboxylic acids is 1. The third-order valence-electron chi connectivity index (χ3n) is 3.53. The summed E-state index contributed by atoms with van der Waals surface area (Å²) in [5, 5.41) is 18.9. The predicted molar refractivity (Wildman–Crippen MR) is 72.1 cm³/mol. The molecule has 0 aromatic heterocycles. The lowest BCUT2D eigenvalue weighted by atomic mass is 10.1. The van der Waals surface area contributed by atoms with Gasteiger partial charge in [0.2, 0.25) is 0 Å². The van der Waals surface area contributed by atoms with Crippen molar-refractivity contribution in [3.8, 4) is 11.5 Å². The number of hydrogen-bond donors (Lipinski definition) is 3. The first kappa shape index (κ1) is 13.7. The second kappa shape index (κ2) is 5.93. The zero-order valence-corrected chi connectivity index (χ0v) is 10.9. The van der Waals surface area contributed by atoms with Gasteiger partial charge in [0.15, 0.2) is 0 Å². The number of carbonyl (C=O) groups is 1. The van der Waals surface area contributed by atoms with Crippen molar-refractivity contribution in [3.63, 3.8) is 0 Å². The zero-order chi connectivity index (χ0) is 13.8. The highest BCUT2D eigenvalue weighted by atomic mass is 16.3. The SMILES string of the molecule is NCCCC1CCCN1C(=O)c1cc(O)cc(O)c1. The molecule has 1 saturated heterocycles. The van der Waals surface area contributed by atoms with Crippen LogP contribution in [-0.4, -0.2) is 40.2 Å². The molecule has 104 valence electrons. The number of aromatic hydroxyl groups is 2. The van der Waals surface area contributed by atoms with Crippen molar-refractivity contribution in [1.29, 1.82) is 0 Å². The minimum Gasteiger partial charge on any atom is -0.508 e. The average molecular weight is 264 g/mol. The van der Waals surface area contributed by atoms with E-state index in [2.05, 4.69) is 0 Å². The van der Waals surface area contributed by atoms with Gasteiger partial charge in [0, 0.05) is 24.2 Å². The summed E-state index contributed by atoms with van der Waals surface area (Å²) in [5.74, 6) is -0.326. The van der Waals surface area contributed by atoms with Crippen LogP contribution >= 0.6 is 0 Å². The van der Waals surface area contributed by atoms with Crippen LogP contribution in [0.5, 0.6) is 11.5 Å². The van der Waals surface area contributed by atoms with E-state index in [0.717, 1.165) is 32.2 Å². The first-order valence-corrected chi connectivity index (χ1v) is 6.66. The fraction of sp³-hybridized carbons (Fsp3) is 0.500. The van der Waals surface area contributed by atoms with Crippen LogP contribution in [0.15, 0.2) is 18.2 Å². The Labute approximate surface area is 112 Å². The van der Waals surface area contributed by atoms with Crippen LogP contribution in [-0.2, 0) is 0 Å². The molecule has 5 heteroatoms. The Kier molecular flexibility index (Phi) is 4.27. The fourth-order valence-corrected chi connectivity index (χ4v) is 2.64. The molecule has 1 aliphatic rings. The molecule has 1 fully saturated rings. The number of benzene rings is 1. The molecule has 1 atom stereocenters. The topological polar surface area (TPSA) is 86.8 Å². The van der Waals surface area contributed by atoms with E-state index in [1.54, 1.807) is 0 Å². The van der Waals surface area contributed by atoms with E-state index in [1.807, 2.05) is 4.90 Å². The highest BCUT2D eigenvalue weighted by molar-refractivity contribution is 5.95. The third kappa shape index (κ3) is 3.17. The molecule has 19 heavy (non-hydrogen) atoms. The van der Waals surface area contributed by atoms with E-state index < -0.39 is 0 Å². The van der Waals surface area contributed by atoms with E-state index in [-0.39, 0.29) is 23.4 Å². The maximum Gasteiger partial charge on any atom is 0.254 e. The molecule has 0 saturated carbocycles. The Morgan fingerprint density at radius 1 is 1.32 bits per heavy atom. The van der Waals surface area contributed by atoms with E-state index in [0.29, 0.717) is 12.1 Å². The second-order valence-corrected chi connectivity index (χ2v) is 4.96. The second-order valence-electron chi connectivity index (χ2n) is 4.96. The molecule has 1 amide bonds. The van der Waals surface area contributed by atoms with E-state index >= 15 is 0 Å². The number of nitrogens with zero attached hydrogens (tertiary/aromatic N) is 1. The van der Waals surface area contributed by atoms with Gasteiger partial charge in [0.05, 0.1) is 0 Å². The lowest BCUT2D eigenvalue weighted by molar-refractivity contribution is 0.0728. The van der Waals surface area contributed by atoms with Crippen LogP contribution in [0, 0.1) is 0 Å². The van der Waals surface area contributed by atoms with Gasteiger partial charge >= 0.3 is 0 Å². The van der Waals surface area contributed by atoms with Gasteiger partial charge in [0.25, 0.3) is 5.91 Å². The fourth-order valence-electron chi connectivity index (χ4n) is 2.64. The predicted octanol–water partition coefficient (Wildman–Crippen LogP) is 1.44. The molecule has 1 aromatic carbocycles. The summed E-state index contributed by atoms with van der Waals surface area (Å²) in [5.41, 5.74) is 5.84. The highest BCUT2D eigenvalue weighted by Crippen LogP contribution is 2.26. The average Bonchev–Trinajstić information content (AvgIpc) is 2.82. The van der Waals surface area contributed by atoms with Crippen molar-refractivity contribution in [2.75, 3.05) is 13.1 Å². The molecule has 1 heterocycles. The van der Waals surface area contributed by atoms with Gasteiger partial charge < -0.3 is 20.8 Å². The molecular weight excluding hydrogens is 244 g/mol. The highest BCUT2D eigenvalue weighted by Gasteiger charge is 2.29. The smallest absolute Gasteiger partial charge is 0.254 e. The lowest BCUT2D eigenvalue weighted by Crippen LogP contribution is -2.35. The summed E-state index contributed by atoms with van der Waals surface area (Å²) in [6.45, 7) is 1.36. The Balaban J connectivity index is 2.13. The minimum atomic E-state index is -0.134. The van der Waals surface area contributed by atoms with Gasteiger partial charge in [-0.1, -0.05) is 0 Å². The molecule has 0 aliphatic carbocycles. The maximum atomic E-state index is 12.4. The Hall–Kier alpha value is -1.75. The monoisotopic (exact) mass is 264 g/mol. The number of nitrogens with two attached hydrogens (primary N) is 1. The minimum absolute atomic E-state index is 0.0962. The molecule has 0 spiro atoms. The summed E-state index contributed by atoms with van der Waals surface area (Å²) < 4.78 is 0. The van der Waals surface area contributed by atoms with Crippen molar-refractivity contribution in [2.24, 2.45) is 5.73 Å². The van der Waals surface area contributed by atoms with Gasteiger partial charge in [-0.3, -0.25) is 4.79 Å². The molecule has 0 bridgehead atoms. The summed E-state index contributed by atoms with van der Waals surface area (Å²) in [7, 11) is 0. The van der Waals surface area contributed by atoms with E-state index in [4.69, 9.17) is 5.73 Å². The lowest BCUT2D eigenvalue weighted by Gasteiger charge is -2.24. The molecule has 2 rings (SSSR count). The van der Waals surface area contributed by atoms with Crippen LogP contribution in [0.2, 0.25) is 0 Å². The molecule has 0 radical (unpaired) electrons. The van der Waals surface area contributed by atoms with Crippen molar-refractivity contribution >= 4 is 5.91 Å². The number of phenolic OH excluding ortho intramolecular Hbond substituents is 2. The van der Waals surface area contributed by atoms with Gasteiger partial charge in [-0.05, 0) is 44.4 Å². The van der Waals surface area contributed by atoms with Crippen molar-refractivity contribution in [2.45, 2.75) is 31.7 Å². The van der Waals surface area contributed by atoms with Crippen molar-refractivity contribution < 1.29 is 15.0 Å². The zero-order valence-electron chi connectivity index (χ0n) is 10.9. The first-order chi connectivity index (χ1) is 9.11. The van der Waals surface area contributed by atoms with Crippen LogP contribution in [0.25, 0.3) is 0 Å². The first-order valence-electron chi connectivity index (χ1n) is 6.66. The van der Waals surface area contributed by atoms with Crippen LogP contribution in [0.4, 0.5) is 0 Å². The largest absolute Gasteiger partial charge is 0.508 e. The van der Waals surface area contributed by atoms with Crippen molar-refractivity contribution in [1.82, 2.24) is 4.90 Å². The van der Waals surface area contributed by atoms with Gasteiger partial charge in [0.1, 0.15) is 11.5 Å². The van der Waals surface area contributed by atoms with Crippen LogP contribution in [0.1, 0.15) is 36.0 Å². The maximum absolute atomic E-state index is 12.4. The molecule has 4 N–H and O–H groups in total. The van der Waals surface area contributed by atoms with Gasteiger partial charge in [-0.25, -0.2) is 0 Å². The molecule has 5 nitrogen and oxygen atoms in total. The number of phenols is 2. The molecular formula is C14H20N2O3. The van der Waals surface area contributed by atoms with Crippen LogP contribution in [0.3, 0.4) is 0 Å². The molecule has 1 unspecified atom stereocenters. The summed E-state index contributed by atoms with van der Waals surface area (Å²) in [4.78, 5) is 14.2. The quantitative estimate of drug-likeness (QED) is 0.768. The normalized spacial score (nSPS) is 18.8. The Bertz CT molecular complexity index is 442. The number of hydrogen-bond acceptors (Lipinski definition) is 4. The van der Waals surface area contributed by atoms with E-state index in [1.165, 1.54) is 18.2 Å². The summed E-state index contributed by atoms with van der Waals surface area (Å²) in [6, 6.07) is 4.22. The van der Waals surface area contributed by atoms with Crippen molar-refractivity contribution in [3.05, 3.63) is 23.8 Å². The summed E-state index contributed by atoms with van der Waals surface area (Å²) in [6.07, 6.45) is 3.80.